The van der Waals surface area contributed by atoms with Crippen molar-refractivity contribution in [3.63, 3.8) is 0 Å². The molecule has 0 fully saturated rings. The maximum Gasteiger partial charge on any atom is 0.273 e. The molecule has 0 aliphatic rings. The van der Waals surface area contributed by atoms with Gasteiger partial charge < -0.3 is 0 Å². The van der Waals surface area contributed by atoms with Gasteiger partial charge in [0.05, 0.1) is 5.02 Å². The summed E-state index contributed by atoms with van der Waals surface area (Å²) < 4.78 is 25.5. The Bertz CT molecular complexity index is 774. The molecule has 2 N–H and O–H groups in total. The minimum atomic E-state index is -3.93. The molecule has 114 valence electrons. The molecular formula is C12H14BrClN4O2S. The van der Waals surface area contributed by atoms with Crippen molar-refractivity contribution in [3.05, 3.63) is 27.7 Å². The van der Waals surface area contributed by atoms with Crippen LogP contribution in [0.25, 0.3) is 11.4 Å². The summed E-state index contributed by atoms with van der Waals surface area (Å²) in [6.45, 7) is 4.37. The van der Waals surface area contributed by atoms with Gasteiger partial charge in [-0.2, -0.15) is 0 Å². The minimum absolute atomic E-state index is 0.205. The van der Waals surface area contributed by atoms with Gasteiger partial charge in [-0.1, -0.05) is 25.4 Å². The summed E-state index contributed by atoms with van der Waals surface area (Å²) in [4.78, 5) is 0. The summed E-state index contributed by atoms with van der Waals surface area (Å²) in [5.41, 5.74) is 0.703. The van der Waals surface area contributed by atoms with Crippen molar-refractivity contribution in [2.75, 3.05) is 0 Å². The molecule has 21 heavy (non-hydrogen) atoms. The summed E-state index contributed by atoms with van der Waals surface area (Å²) in [7, 11) is -3.93. The smallest absolute Gasteiger partial charge is 0.273 e. The molecule has 0 saturated heterocycles. The second kappa shape index (κ2) is 6.04. The predicted molar refractivity (Wildman–Crippen MR) is 84.4 cm³/mol. The fraction of sp³-hybridized carbons (Fsp3) is 0.333. The molecule has 0 aliphatic carbocycles. The van der Waals surface area contributed by atoms with Crippen LogP contribution in [-0.4, -0.2) is 23.2 Å². The summed E-state index contributed by atoms with van der Waals surface area (Å²) in [5.74, 6) is 0.640. The van der Waals surface area contributed by atoms with Crippen LogP contribution < -0.4 is 5.14 Å². The topological polar surface area (TPSA) is 90.9 Å². The highest BCUT2D eigenvalue weighted by Gasteiger charge is 2.22. The van der Waals surface area contributed by atoms with E-state index in [0.29, 0.717) is 27.4 Å². The van der Waals surface area contributed by atoms with Crippen LogP contribution in [-0.2, 0) is 16.6 Å². The van der Waals surface area contributed by atoms with Crippen LogP contribution in [0.2, 0.25) is 5.02 Å². The molecule has 0 bridgehead atoms. The lowest BCUT2D eigenvalue weighted by Gasteiger charge is -2.12. The van der Waals surface area contributed by atoms with Crippen LogP contribution in [0.1, 0.15) is 13.8 Å². The van der Waals surface area contributed by atoms with Gasteiger partial charge in [0.1, 0.15) is 0 Å². The third kappa shape index (κ3) is 3.63. The van der Waals surface area contributed by atoms with Gasteiger partial charge in [-0.15, -0.1) is 10.2 Å². The molecule has 0 spiro atoms. The van der Waals surface area contributed by atoms with Gasteiger partial charge in [-0.25, -0.2) is 13.6 Å². The standard InChI is InChI=1S/C12H14BrClN4O2S/c1-7(2)6-18-11(16-17-12(18)21(15,19)20)8-3-4-10(14)9(13)5-8/h3-5,7H,6H2,1-2H3,(H2,15,19,20). The quantitative estimate of drug-likeness (QED) is 0.864. The summed E-state index contributed by atoms with van der Waals surface area (Å²) in [6, 6.07) is 5.21. The summed E-state index contributed by atoms with van der Waals surface area (Å²) >= 11 is 9.30. The third-order valence-electron chi connectivity index (χ3n) is 2.70. The molecule has 0 atom stereocenters. The second-order valence-corrected chi connectivity index (χ2v) is 7.70. The highest BCUT2D eigenvalue weighted by molar-refractivity contribution is 9.10. The van der Waals surface area contributed by atoms with Crippen molar-refractivity contribution in [1.29, 1.82) is 0 Å². The van der Waals surface area contributed by atoms with Gasteiger partial charge in [0.25, 0.3) is 15.2 Å². The number of sulfonamides is 1. The normalized spacial score (nSPS) is 12.1. The summed E-state index contributed by atoms with van der Waals surface area (Å²) in [6.07, 6.45) is 0. The number of rotatable bonds is 4. The van der Waals surface area contributed by atoms with E-state index in [-0.39, 0.29) is 11.1 Å². The first kappa shape index (κ1) is 16.4. The van der Waals surface area contributed by atoms with E-state index >= 15 is 0 Å². The van der Waals surface area contributed by atoms with Crippen molar-refractivity contribution in [1.82, 2.24) is 14.8 Å². The fourth-order valence-corrected chi connectivity index (χ4v) is 3.00. The lowest BCUT2D eigenvalue weighted by Crippen LogP contribution is -2.20. The molecule has 0 unspecified atom stereocenters. The summed E-state index contributed by atoms with van der Waals surface area (Å²) in [5, 5.41) is 13.2. The van der Waals surface area contributed by atoms with E-state index in [1.807, 2.05) is 13.8 Å². The molecule has 2 rings (SSSR count). The molecule has 9 heteroatoms. The van der Waals surface area contributed by atoms with Crippen molar-refractivity contribution < 1.29 is 8.42 Å². The Morgan fingerprint density at radius 3 is 2.57 bits per heavy atom. The maximum atomic E-state index is 11.6. The van der Waals surface area contributed by atoms with Gasteiger partial charge in [-0.3, -0.25) is 4.57 Å². The Hall–Kier alpha value is -0.960. The highest BCUT2D eigenvalue weighted by Crippen LogP contribution is 2.29. The maximum absolute atomic E-state index is 11.6. The van der Waals surface area contributed by atoms with E-state index in [4.69, 9.17) is 16.7 Å². The van der Waals surface area contributed by atoms with Gasteiger partial charge in [0, 0.05) is 16.6 Å². The number of halogens is 2. The molecular weight excluding hydrogens is 380 g/mol. The van der Waals surface area contributed by atoms with E-state index in [0.717, 1.165) is 0 Å². The monoisotopic (exact) mass is 392 g/mol. The molecule has 0 radical (unpaired) electrons. The first-order chi connectivity index (χ1) is 9.70. The second-order valence-electron chi connectivity index (χ2n) is 4.98. The van der Waals surface area contributed by atoms with Crippen molar-refractivity contribution >= 4 is 37.6 Å². The molecule has 0 aliphatic heterocycles. The van der Waals surface area contributed by atoms with Crippen molar-refractivity contribution in [2.45, 2.75) is 25.5 Å². The molecule has 1 aromatic carbocycles. The van der Waals surface area contributed by atoms with E-state index in [1.165, 1.54) is 4.57 Å². The Morgan fingerprint density at radius 1 is 1.38 bits per heavy atom. The molecule has 1 heterocycles. The third-order valence-corrected chi connectivity index (χ3v) is 4.72. The highest BCUT2D eigenvalue weighted by atomic mass is 79.9. The Balaban J connectivity index is 2.63. The number of hydrogen-bond donors (Lipinski definition) is 1. The number of hydrogen-bond acceptors (Lipinski definition) is 4. The van der Waals surface area contributed by atoms with Crippen LogP contribution in [0, 0.1) is 5.92 Å². The Labute approximate surface area is 136 Å². The first-order valence-corrected chi connectivity index (χ1v) is 8.83. The van der Waals surface area contributed by atoms with E-state index in [2.05, 4.69) is 26.1 Å². The molecule has 6 nitrogen and oxygen atoms in total. The zero-order chi connectivity index (χ0) is 15.8. The predicted octanol–water partition coefficient (Wildman–Crippen LogP) is 2.66. The first-order valence-electron chi connectivity index (χ1n) is 6.11. The molecule has 0 amide bonds. The Kier molecular flexibility index (Phi) is 4.72. The fourth-order valence-electron chi connectivity index (χ4n) is 1.88. The van der Waals surface area contributed by atoms with Gasteiger partial charge in [0.15, 0.2) is 5.82 Å². The van der Waals surface area contributed by atoms with Crippen LogP contribution in [0.3, 0.4) is 0 Å². The van der Waals surface area contributed by atoms with Gasteiger partial charge in [0.2, 0.25) is 0 Å². The van der Waals surface area contributed by atoms with Gasteiger partial charge >= 0.3 is 0 Å². The van der Waals surface area contributed by atoms with Crippen LogP contribution in [0.5, 0.6) is 0 Å². The average Bonchev–Trinajstić information content (AvgIpc) is 2.75. The van der Waals surface area contributed by atoms with Crippen LogP contribution in [0.15, 0.2) is 27.8 Å². The number of benzene rings is 1. The molecule has 2 aromatic rings. The van der Waals surface area contributed by atoms with Crippen molar-refractivity contribution in [2.24, 2.45) is 11.1 Å². The van der Waals surface area contributed by atoms with Crippen LogP contribution in [0.4, 0.5) is 0 Å². The number of nitrogens with two attached hydrogens (primary N) is 1. The number of primary sulfonamides is 1. The van der Waals surface area contributed by atoms with Crippen molar-refractivity contribution in [3.8, 4) is 11.4 Å². The zero-order valence-corrected chi connectivity index (χ0v) is 14.6. The van der Waals surface area contributed by atoms with Gasteiger partial charge in [-0.05, 0) is 40.0 Å². The van der Waals surface area contributed by atoms with Crippen LogP contribution >= 0.6 is 27.5 Å². The zero-order valence-electron chi connectivity index (χ0n) is 11.4. The average molecular weight is 394 g/mol. The van der Waals surface area contributed by atoms with E-state index < -0.39 is 10.0 Å². The van der Waals surface area contributed by atoms with E-state index in [1.54, 1.807) is 18.2 Å². The lowest BCUT2D eigenvalue weighted by atomic mass is 10.2. The molecule has 0 saturated carbocycles. The largest absolute Gasteiger partial charge is 0.296 e. The minimum Gasteiger partial charge on any atom is -0.296 e. The van der Waals surface area contributed by atoms with E-state index in [9.17, 15) is 8.42 Å². The SMILES string of the molecule is CC(C)Cn1c(-c2ccc(Cl)c(Br)c2)nnc1S(N)(=O)=O. The number of aromatic nitrogens is 3. The molecule has 1 aromatic heterocycles. The Morgan fingerprint density at radius 2 is 2.05 bits per heavy atom. The number of nitrogens with zero attached hydrogens (tertiary/aromatic N) is 3. The lowest BCUT2D eigenvalue weighted by molar-refractivity contribution is 0.486.